The molecule has 0 amide bonds. The summed E-state index contributed by atoms with van der Waals surface area (Å²) in [7, 11) is -2.97. The Morgan fingerprint density at radius 3 is 2.30 bits per heavy atom. The summed E-state index contributed by atoms with van der Waals surface area (Å²) in [5.74, 6) is -0.551. The van der Waals surface area contributed by atoms with Crippen LogP contribution in [0.2, 0.25) is 0 Å². The molecule has 0 atom stereocenters. The van der Waals surface area contributed by atoms with Crippen molar-refractivity contribution in [1.82, 2.24) is 0 Å². The minimum atomic E-state index is -2.97. The fraction of sp³-hybridized carbons (Fsp3) is 0.533. The summed E-state index contributed by atoms with van der Waals surface area (Å²) in [5.41, 5.74) is 2.02. The fourth-order valence-corrected chi connectivity index (χ4v) is 4.10. The van der Waals surface area contributed by atoms with Crippen molar-refractivity contribution in [3.63, 3.8) is 0 Å². The average molecular weight is 296 g/mol. The molecule has 0 aliphatic heterocycles. The van der Waals surface area contributed by atoms with Gasteiger partial charge in [-0.05, 0) is 36.8 Å². The molecule has 20 heavy (non-hydrogen) atoms. The molecule has 5 heteroatoms. The predicted molar refractivity (Wildman–Crippen MR) is 77.6 cm³/mol. The van der Waals surface area contributed by atoms with Gasteiger partial charge in [0.25, 0.3) is 0 Å². The fourth-order valence-electron chi connectivity index (χ4n) is 2.64. The number of aliphatic carboxylic acids is 1. The van der Waals surface area contributed by atoms with Crippen molar-refractivity contribution >= 4 is 15.8 Å². The Morgan fingerprint density at radius 2 is 1.85 bits per heavy atom. The molecule has 110 valence electrons. The minimum Gasteiger partial charge on any atom is -0.481 e. The minimum absolute atomic E-state index is 0.173. The first kappa shape index (κ1) is 15.0. The third-order valence-corrected chi connectivity index (χ3v) is 4.89. The number of hydrogen-bond donors (Lipinski definition) is 1. The summed E-state index contributed by atoms with van der Waals surface area (Å²) in [6.07, 6.45) is 4.69. The standard InChI is InChI=1S/C15H20O4S/c1-20(18,19)11-15(9-10-15)13-7-5-12(6-8-13)3-2-4-14(16)17/h5-8H,2-4,9-11H2,1H3,(H,16,17). The van der Waals surface area contributed by atoms with E-state index in [9.17, 15) is 13.2 Å². The number of aryl methyl sites for hydroxylation is 1. The maximum atomic E-state index is 11.5. The normalized spacial score (nSPS) is 16.9. The van der Waals surface area contributed by atoms with Crippen molar-refractivity contribution in [2.75, 3.05) is 12.0 Å². The molecule has 0 radical (unpaired) electrons. The van der Waals surface area contributed by atoms with Crippen LogP contribution in [0, 0.1) is 0 Å². The molecule has 0 bridgehead atoms. The number of sulfone groups is 1. The number of rotatable bonds is 7. The number of carboxylic acids is 1. The van der Waals surface area contributed by atoms with E-state index in [2.05, 4.69) is 0 Å². The zero-order valence-corrected chi connectivity index (χ0v) is 12.4. The quantitative estimate of drug-likeness (QED) is 0.837. The highest BCUT2D eigenvalue weighted by Crippen LogP contribution is 2.49. The molecule has 2 rings (SSSR count). The lowest BCUT2D eigenvalue weighted by molar-refractivity contribution is -0.137. The van der Waals surface area contributed by atoms with E-state index in [1.807, 2.05) is 24.3 Å². The Labute approximate surface area is 119 Å². The Bertz CT molecular complexity index is 583. The third-order valence-electron chi connectivity index (χ3n) is 3.81. The zero-order valence-electron chi connectivity index (χ0n) is 11.6. The van der Waals surface area contributed by atoms with Crippen molar-refractivity contribution in [2.24, 2.45) is 0 Å². The Morgan fingerprint density at radius 1 is 1.25 bits per heavy atom. The molecule has 0 saturated heterocycles. The molecular weight excluding hydrogens is 276 g/mol. The van der Waals surface area contributed by atoms with Crippen molar-refractivity contribution < 1.29 is 18.3 Å². The zero-order chi connectivity index (χ0) is 14.8. The second kappa shape index (κ2) is 5.56. The number of benzene rings is 1. The van der Waals surface area contributed by atoms with E-state index >= 15 is 0 Å². The van der Waals surface area contributed by atoms with Crippen molar-refractivity contribution in [3.05, 3.63) is 35.4 Å². The highest BCUT2D eigenvalue weighted by Gasteiger charge is 2.46. The maximum Gasteiger partial charge on any atom is 0.303 e. The number of hydrogen-bond acceptors (Lipinski definition) is 3. The van der Waals surface area contributed by atoms with Gasteiger partial charge in [0.2, 0.25) is 0 Å². The number of carboxylic acid groups (broad SMARTS) is 1. The molecule has 0 aromatic heterocycles. The summed E-state index contributed by atoms with van der Waals surface area (Å²) in [4.78, 5) is 10.5. The third kappa shape index (κ3) is 4.07. The van der Waals surface area contributed by atoms with Crippen molar-refractivity contribution in [3.8, 4) is 0 Å². The van der Waals surface area contributed by atoms with Gasteiger partial charge in [-0.2, -0.15) is 0 Å². The number of carbonyl (C=O) groups is 1. The summed E-state index contributed by atoms with van der Waals surface area (Å²) in [5, 5.41) is 8.60. The van der Waals surface area contributed by atoms with Crippen LogP contribution in [-0.4, -0.2) is 31.5 Å². The van der Waals surface area contributed by atoms with Gasteiger partial charge in [-0.3, -0.25) is 4.79 Å². The van der Waals surface area contributed by atoms with Crippen LogP contribution >= 0.6 is 0 Å². The molecule has 1 N–H and O–H groups in total. The van der Waals surface area contributed by atoms with Gasteiger partial charge in [0.05, 0.1) is 5.75 Å². The monoisotopic (exact) mass is 296 g/mol. The van der Waals surface area contributed by atoms with Gasteiger partial charge in [-0.15, -0.1) is 0 Å². The molecular formula is C15H20O4S. The van der Waals surface area contributed by atoms with Gasteiger partial charge < -0.3 is 5.11 Å². The molecule has 0 heterocycles. The van der Waals surface area contributed by atoms with Crippen molar-refractivity contribution in [2.45, 2.75) is 37.5 Å². The summed E-state index contributed by atoms with van der Waals surface area (Å²) >= 11 is 0. The Kier molecular flexibility index (Phi) is 4.18. The van der Waals surface area contributed by atoms with Crippen LogP contribution in [0.25, 0.3) is 0 Å². The molecule has 1 aliphatic rings. The van der Waals surface area contributed by atoms with Crippen LogP contribution < -0.4 is 0 Å². The molecule has 0 unspecified atom stereocenters. The SMILES string of the molecule is CS(=O)(=O)CC1(c2ccc(CCCC(=O)O)cc2)CC1. The van der Waals surface area contributed by atoms with Gasteiger partial charge in [-0.25, -0.2) is 8.42 Å². The Balaban J connectivity index is 2.00. The van der Waals surface area contributed by atoms with Crippen LogP contribution in [0.5, 0.6) is 0 Å². The lowest BCUT2D eigenvalue weighted by Gasteiger charge is -2.15. The first-order valence-electron chi connectivity index (χ1n) is 6.80. The highest BCUT2D eigenvalue weighted by atomic mass is 32.2. The lowest BCUT2D eigenvalue weighted by atomic mass is 9.96. The molecule has 0 spiro atoms. The predicted octanol–water partition coefficient (Wildman–Crippen LogP) is 2.17. The van der Waals surface area contributed by atoms with Gasteiger partial charge in [-0.1, -0.05) is 24.3 Å². The highest BCUT2D eigenvalue weighted by molar-refractivity contribution is 7.90. The van der Waals surface area contributed by atoms with E-state index in [1.54, 1.807) is 0 Å². The van der Waals surface area contributed by atoms with Gasteiger partial charge in [0.15, 0.2) is 0 Å². The van der Waals surface area contributed by atoms with E-state index in [0.717, 1.165) is 30.4 Å². The van der Waals surface area contributed by atoms with Gasteiger partial charge in [0.1, 0.15) is 9.84 Å². The van der Waals surface area contributed by atoms with Crippen LogP contribution in [0.1, 0.15) is 36.8 Å². The molecule has 1 saturated carbocycles. The van der Waals surface area contributed by atoms with Crippen molar-refractivity contribution in [1.29, 1.82) is 0 Å². The van der Waals surface area contributed by atoms with E-state index < -0.39 is 15.8 Å². The first-order valence-corrected chi connectivity index (χ1v) is 8.86. The first-order chi connectivity index (χ1) is 9.31. The average Bonchev–Trinajstić information content (AvgIpc) is 3.08. The van der Waals surface area contributed by atoms with Gasteiger partial charge in [0, 0.05) is 18.1 Å². The van der Waals surface area contributed by atoms with Crippen LogP contribution in [0.4, 0.5) is 0 Å². The second-order valence-corrected chi connectivity index (χ2v) is 7.93. The summed E-state index contributed by atoms with van der Waals surface area (Å²) in [6.45, 7) is 0. The Hall–Kier alpha value is -1.36. The topological polar surface area (TPSA) is 71.4 Å². The lowest BCUT2D eigenvalue weighted by Crippen LogP contribution is -2.19. The molecule has 4 nitrogen and oxygen atoms in total. The van der Waals surface area contributed by atoms with E-state index in [-0.39, 0.29) is 17.6 Å². The van der Waals surface area contributed by atoms with Crippen LogP contribution in [0.15, 0.2) is 24.3 Å². The van der Waals surface area contributed by atoms with E-state index in [4.69, 9.17) is 5.11 Å². The second-order valence-electron chi connectivity index (χ2n) is 5.79. The van der Waals surface area contributed by atoms with Gasteiger partial charge >= 0.3 is 5.97 Å². The molecule has 1 aromatic rings. The van der Waals surface area contributed by atoms with Crippen LogP contribution in [-0.2, 0) is 26.5 Å². The maximum absolute atomic E-state index is 11.5. The molecule has 1 aromatic carbocycles. The summed E-state index contributed by atoms with van der Waals surface area (Å²) in [6, 6.07) is 7.96. The van der Waals surface area contributed by atoms with E-state index in [1.165, 1.54) is 6.26 Å². The smallest absolute Gasteiger partial charge is 0.303 e. The largest absolute Gasteiger partial charge is 0.481 e. The van der Waals surface area contributed by atoms with E-state index in [0.29, 0.717) is 6.42 Å². The molecule has 1 fully saturated rings. The van der Waals surface area contributed by atoms with Crippen LogP contribution in [0.3, 0.4) is 0 Å². The molecule has 1 aliphatic carbocycles. The summed E-state index contributed by atoms with van der Waals surface area (Å²) < 4.78 is 23.0.